The zero-order valence-corrected chi connectivity index (χ0v) is 11.0. The van der Waals surface area contributed by atoms with Gasteiger partial charge in [0.1, 0.15) is 5.54 Å². The van der Waals surface area contributed by atoms with E-state index in [4.69, 9.17) is 4.74 Å². The Bertz CT molecular complexity index is 195. The molecule has 1 fully saturated rings. The van der Waals surface area contributed by atoms with Crippen LogP contribution in [0.15, 0.2) is 0 Å². The molecule has 0 unspecified atom stereocenters. The van der Waals surface area contributed by atoms with E-state index < -0.39 is 5.54 Å². The summed E-state index contributed by atoms with van der Waals surface area (Å²) in [6.07, 6.45) is 0. The standard InChI is InChI=1S/C9H18N2O2.2ClH/c1-9(2,8(12)13-3)11-6-4-10-5-7-11;;/h10H,4-7H2,1-3H3;2*1H. The molecule has 0 aromatic carbocycles. The quantitative estimate of drug-likeness (QED) is 0.741. The molecule has 6 heteroatoms. The Kier molecular flexibility index (Phi) is 8.43. The van der Waals surface area contributed by atoms with Crippen LogP contribution < -0.4 is 5.32 Å². The summed E-state index contributed by atoms with van der Waals surface area (Å²) in [6, 6.07) is 0. The molecule has 0 spiro atoms. The van der Waals surface area contributed by atoms with Gasteiger partial charge in [0.25, 0.3) is 0 Å². The van der Waals surface area contributed by atoms with Gasteiger partial charge in [-0.15, -0.1) is 24.8 Å². The molecule has 0 amide bonds. The minimum atomic E-state index is -0.489. The van der Waals surface area contributed by atoms with E-state index >= 15 is 0 Å². The van der Waals surface area contributed by atoms with Crippen LogP contribution >= 0.6 is 24.8 Å². The molecule has 0 saturated carbocycles. The third-order valence-electron chi connectivity index (χ3n) is 2.59. The highest BCUT2D eigenvalue weighted by Crippen LogP contribution is 2.16. The first-order valence-electron chi connectivity index (χ1n) is 4.63. The SMILES string of the molecule is COC(=O)C(C)(C)N1CCNCC1.Cl.Cl. The predicted octanol–water partition coefficient (Wildman–Crippen LogP) is 0.687. The topological polar surface area (TPSA) is 41.6 Å². The summed E-state index contributed by atoms with van der Waals surface area (Å²) in [7, 11) is 1.44. The highest BCUT2D eigenvalue weighted by Gasteiger charge is 2.35. The molecule has 1 aliphatic rings. The van der Waals surface area contributed by atoms with Crippen LogP contribution in [0.4, 0.5) is 0 Å². The van der Waals surface area contributed by atoms with Gasteiger partial charge in [0.2, 0.25) is 0 Å². The van der Waals surface area contributed by atoms with Gasteiger partial charge in [-0.05, 0) is 13.8 Å². The lowest BCUT2D eigenvalue weighted by molar-refractivity contribution is -0.153. The van der Waals surface area contributed by atoms with E-state index in [1.54, 1.807) is 0 Å². The van der Waals surface area contributed by atoms with Gasteiger partial charge in [0, 0.05) is 26.2 Å². The molecule has 0 aromatic heterocycles. The molecule has 1 N–H and O–H groups in total. The van der Waals surface area contributed by atoms with E-state index in [-0.39, 0.29) is 30.8 Å². The van der Waals surface area contributed by atoms with Crippen molar-refractivity contribution in [1.82, 2.24) is 10.2 Å². The fourth-order valence-corrected chi connectivity index (χ4v) is 1.60. The highest BCUT2D eigenvalue weighted by atomic mass is 35.5. The normalized spacial score (nSPS) is 17.3. The second kappa shape index (κ2) is 7.28. The van der Waals surface area contributed by atoms with E-state index in [2.05, 4.69) is 10.2 Å². The Morgan fingerprint density at radius 2 is 1.73 bits per heavy atom. The van der Waals surface area contributed by atoms with E-state index in [1.165, 1.54) is 7.11 Å². The molecule has 1 heterocycles. The lowest BCUT2D eigenvalue weighted by Crippen LogP contribution is -2.57. The molecule has 4 nitrogen and oxygen atoms in total. The van der Waals surface area contributed by atoms with Crippen molar-refractivity contribution < 1.29 is 9.53 Å². The number of ether oxygens (including phenoxy) is 1. The van der Waals surface area contributed by atoms with Gasteiger partial charge in [0.05, 0.1) is 7.11 Å². The van der Waals surface area contributed by atoms with Crippen LogP contribution in [0.1, 0.15) is 13.8 Å². The number of nitrogens with zero attached hydrogens (tertiary/aromatic N) is 1. The van der Waals surface area contributed by atoms with Crippen LogP contribution in [0.2, 0.25) is 0 Å². The number of nitrogens with one attached hydrogen (secondary N) is 1. The summed E-state index contributed by atoms with van der Waals surface area (Å²) in [5, 5.41) is 3.25. The highest BCUT2D eigenvalue weighted by molar-refractivity contribution is 5.85. The summed E-state index contributed by atoms with van der Waals surface area (Å²) >= 11 is 0. The van der Waals surface area contributed by atoms with Crippen molar-refractivity contribution in [2.24, 2.45) is 0 Å². The van der Waals surface area contributed by atoms with Crippen LogP contribution in [-0.4, -0.2) is 49.7 Å². The lowest BCUT2D eigenvalue weighted by Gasteiger charge is -2.38. The van der Waals surface area contributed by atoms with Crippen LogP contribution in [0, 0.1) is 0 Å². The molecular weight excluding hydrogens is 239 g/mol. The maximum Gasteiger partial charge on any atom is 0.325 e. The summed E-state index contributed by atoms with van der Waals surface area (Å²) in [5.74, 6) is -0.158. The molecule has 1 aliphatic heterocycles. The molecule has 92 valence electrons. The van der Waals surface area contributed by atoms with Gasteiger partial charge in [-0.25, -0.2) is 0 Å². The number of methoxy groups -OCH3 is 1. The van der Waals surface area contributed by atoms with Gasteiger partial charge in [-0.3, -0.25) is 9.69 Å². The van der Waals surface area contributed by atoms with Crippen LogP contribution in [0.5, 0.6) is 0 Å². The maximum absolute atomic E-state index is 11.4. The first-order valence-corrected chi connectivity index (χ1v) is 4.63. The molecule has 0 aliphatic carbocycles. The van der Waals surface area contributed by atoms with Crippen molar-refractivity contribution in [3.8, 4) is 0 Å². The zero-order valence-electron chi connectivity index (χ0n) is 9.41. The molecule has 15 heavy (non-hydrogen) atoms. The Morgan fingerprint density at radius 1 is 1.27 bits per heavy atom. The van der Waals surface area contributed by atoms with E-state index in [0.717, 1.165) is 26.2 Å². The van der Waals surface area contributed by atoms with Crippen LogP contribution in [-0.2, 0) is 9.53 Å². The van der Waals surface area contributed by atoms with E-state index in [9.17, 15) is 4.79 Å². The van der Waals surface area contributed by atoms with Crippen molar-refractivity contribution in [3.05, 3.63) is 0 Å². The molecule has 0 bridgehead atoms. The summed E-state index contributed by atoms with van der Waals surface area (Å²) in [6.45, 7) is 7.51. The largest absolute Gasteiger partial charge is 0.468 e. The maximum atomic E-state index is 11.4. The van der Waals surface area contributed by atoms with Crippen LogP contribution in [0.25, 0.3) is 0 Å². The summed E-state index contributed by atoms with van der Waals surface area (Å²) in [4.78, 5) is 13.6. The number of rotatable bonds is 2. The van der Waals surface area contributed by atoms with Crippen molar-refractivity contribution in [1.29, 1.82) is 0 Å². The van der Waals surface area contributed by atoms with Crippen molar-refractivity contribution in [3.63, 3.8) is 0 Å². The number of esters is 1. The zero-order chi connectivity index (χ0) is 9.90. The third-order valence-corrected chi connectivity index (χ3v) is 2.59. The van der Waals surface area contributed by atoms with Gasteiger partial charge >= 0.3 is 5.97 Å². The Balaban J connectivity index is 0. The number of piperazine rings is 1. The molecule has 1 saturated heterocycles. The Labute approximate surface area is 104 Å². The van der Waals surface area contributed by atoms with Gasteiger partial charge in [-0.2, -0.15) is 0 Å². The van der Waals surface area contributed by atoms with Gasteiger partial charge in [-0.1, -0.05) is 0 Å². The molecular formula is C9H20Cl2N2O2. The minimum Gasteiger partial charge on any atom is -0.468 e. The lowest BCUT2D eigenvalue weighted by atomic mass is 10.0. The summed E-state index contributed by atoms with van der Waals surface area (Å²) < 4.78 is 4.77. The first kappa shape index (κ1) is 17.4. The molecule has 0 atom stereocenters. The Hall–Kier alpha value is -0.0300. The molecule has 1 rings (SSSR count). The van der Waals surface area contributed by atoms with Gasteiger partial charge < -0.3 is 10.1 Å². The second-order valence-electron chi connectivity index (χ2n) is 3.79. The van der Waals surface area contributed by atoms with E-state index in [0.29, 0.717) is 0 Å². The second-order valence-corrected chi connectivity index (χ2v) is 3.79. The molecule has 0 aromatic rings. The number of hydrogen-bond donors (Lipinski definition) is 1. The molecule has 0 radical (unpaired) electrons. The van der Waals surface area contributed by atoms with Crippen molar-refractivity contribution >= 4 is 30.8 Å². The monoisotopic (exact) mass is 258 g/mol. The number of halogens is 2. The van der Waals surface area contributed by atoms with E-state index in [1.807, 2.05) is 13.8 Å². The van der Waals surface area contributed by atoms with Crippen molar-refractivity contribution in [2.45, 2.75) is 19.4 Å². The third kappa shape index (κ3) is 4.15. The Morgan fingerprint density at radius 3 is 2.13 bits per heavy atom. The average Bonchev–Trinajstić information content (AvgIpc) is 2.18. The smallest absolute Gasteiger partial charge is 0.325 e. The minimum absolute atomic E-state index is 0. The van der Waals surface area contributed by atoms with Crippen LogP contribution in [0.3, 0.4) is 0 Å². The summed E-state index contributed by atoms with van der Waals surface area (Å²) in [5.41, 5.74) is -0.489. The fourth-order valence-electron chi connectivity index (χ4n) is 1.60. The number of carbonyl (C=O) groups excluding carboxylic acids is 1. The predicted molar refractivity (Wildman–Crippen MR) is 65.0 cm³/mol. The van der Waals surface area contributed by atoms with Gasteiger partial charge in [0.15, 0.2) is 0 Å². The average molecular weight is 259 g/mol. The first-order chi connectivity index (χ1) is 6.09. The van der Waals surface area contributed by atoms with Crippen molar-refractivity contribution in [2.75, 3.05) is 33.3 Å². The number of carbonyl (C=O) groups is 1. The number of hydrogen-bond acceptors (Lipinski definition) is 4. The fraction of sp³-hybridized carbons (Fsp3) is 0.889.